The molecule has 0 saturated heterocycles. The zero-order valence-electron chi connectivity index (χ0n) is 14.1. The molecule has 0 aliphatic carbocycles. The van der Waals surface area contributed by atoms with Crippen molar-refractivity contribution in [2.45, 2.75) is 19.0 Å². The average Bonchev–Trinajstić information content (AvgIpc) is 3.10. The Bertz CT molecular complexity index is 988. The highest BCUT2D eigenvalue weighted by atomic mass is 35.5. The monoisotopic (exact) mass is 429 g/mol. The molecule has 146 valence electrons. The number of nitrogens with one attached hydrogen (secondary N) is 1. The Hall–Kier alpha value is -2.58. The second-order valence-corrected chi connectivity index (χ2v) is 6.60. The third-order valence-electron chi connectivity index (χ3n) is 3.70. The van der Waals surface area contributed by atoms with Crippen LogP contribution in [0.1, 0.15) is 17.9 Å². The fourth-order valence-electron chi connectivity index (χ4n) is 2.30. The summed E-state index contributed by atoms with van der Waals surface area (Å²) in [7, 11) is 0. The predicted octanol–water partition coefficient (Wildman–Crippen LogP) is 5.63. The molecule has 0 fully saturated rings. The van der Waals surface area contributed by atoms with Crippen molar-refractivity contribution in [2.75, 3.05) is 5.32 Å². The van der Waals surface area contributed by atoms with E-state index in [0.717, 1.165) is 18.2 Å². The minimum Gasteiger partial charge on any atom is -0.339 e. The lowest BCUT2D eigenvalue weighted by Gasteiger charge is -2.11. The number of hydrogen-bond donors (Lipinski definition) is 1. The van der Waals surface area contributed by atoms with Crippen LogP contribution >= 0.6 is 23.2 Å². The lowest BCUT2D eigenvalue weighted by atomic mass is 10.2. The van der Waals surface area contributed by atoms with Crippen LogP contribution in [0.25, 0.3) is 11.4 Å². The van der Waals surface area contributed by atoms with E-state index in [1.54, 1.807) is 24.3 Å². The second kappa shape index (κ2) is 8.20. The van der Waals surface area contributed by atoms with Gasteiger partial charge in [0.05, 0.1) is 16.3 Å². The zero-order valence-corrected chi connectivity index (χ0v) is 15.6. The summed E-state index contributed by atoms with van der Waals surface area (Å²) in [5.41, 5.74) is -0.329. The molecule has 10 heteroatoms. The van der Waals surface area contributed by atoms with Crippen LogP contribution in [0.15, 0.2) is 47.0 Å². The van der Waals surface area contributed by atoms with Crippen LogP contribution in [-0.4, -0.2) is 16.0 Å². The molecule has 0 atom stereocenters. The van der Waals surface area contributed by atoms with E-state index in [0.29, 0.717) is 16.4 Å². The number of carbonyl (C=O) groups excluding carboxylic acids is 1. The molecule has 3 aromatic rings. The van der Waals surface area contributed by atoms with Gasteiger partial charge in [-0.15, -0.1) is 0 Å². The van der Waals surface area contributed by atoms with Gasteiger partial charge in [-0.1, -0.05) is 28.4 Å². The first-order chi connectivity index (χ1) is 13.2. The van der Waals surface area contributed by atoms with Gasteiger partial charge in [-0.05, 0) is 42.5 Å². The molecule has 0 aliphatic rings. The van der Waals surface area contributed by atoms with Gasteiger partial charge in [0.2, 0.25) is 17.6 Å². The zero-order chi connectivity index (χ0) is 20.3. The van der Waals surface area contributed by atoms with Gasteiger partial charge < -0.3 is 9.84 Å². The molecule has 1 aromatic heterocycles. The molecule has 0 radical (unpaired) electrons. The number of benzene rings is 2. The third-order valence-corrected chi connectivity index (χ3v) is 4.29. The summed E-state index contributed by atoms with van der Waals surface area (Å²) < 4.78 is 43.4. The van der Waals surface area contributed by atoms with Crippen molar-refractivity contribution in [3.05, 3.63) is 64.0 Å². The summed E-state index contributed by atoms with van der Waals surface area (Å²) in [6, 6.07) is 9.51. The van der Waals surface area contributed by atoms with Gasteiger partial charge in [-0.25, -0.2) is 0 Å². The Morgan fingerprint density at radius 2 is 1.82 bits per heavy atom. The summed E-state index contributed by atoms with van der Waals surface area (Å²) in [6.45, 7) is 0. The van der Waals surface area contributed by atoms with E-state index in [1.165, 1.54) is 0 Å². The number of rotatable bonds is 5. The number of carbonyl (C=O) groups is 1. The molecule has 28 heavy (non-hydrogen) atoms. The van der Waals surface area contributed by atoms with Gasteiger partial charge in [0.1, 0.15) is 0 Å². The average molecular weight is 430 g/mol. The van der Waals surface area contributed by atoms with Gasteiger partial charge in [0.15, 0.2) is 0 Å². The first kappa shape index (κ1) is 20.2. The second-order valence-electron chi connectivity index (χ2n) is 5.76. The molecular formula is C18H12Cl2F3N3O2. The summed E-state index contributed by atoms with van der Waals surface area (Å²) in [5, 5.41) is 6.76. The van der Waals surface area contributed by atoms with E-state index >= 15 is 0 Å². The van der Waals surface area contributed by atoms with Crippen LogP contribution in [0.3, 0.4) is 0 Å². The van der Waals surface area contributed by atoms with E-state index in [-0.39, 0.29) is 29.4 Å². The molecule has 2 aromatic carbocycles. The summed E-state index contributed by atoms with van der Waals surface area (Å²) in [4.78, 5) is 16.2. The van der Waals surface area contributed by atoms with Crippen molar-refractivity contribution in [2.24, 2.45) is 0 Å². The number of anilines is 1. The van der Waals surface area contributed by atoms with Crippen LogP contribution in [0.4, 0.5) is 18.9 Å². The standard InChI is InChI=1S/C18H12Cl2F3N3O2/c19-12-4-1-10(2-5-12)17-25-16(28-26-17)8-7-15(27)24-14-9-11(18(21,22)23)3-6-13(14)20/h1-6,9H,7-8H2,(H,24,27). The number of alkyl halides is 3. The maximum atomic E-state index is 12.8. The van der Waals surface area contributed by atoms with Gasteiger partial charge in [0.25, 0.3) is 0 Å². The van der Waals surface area contributed by atoms with Crippen molar-refractivity contribution >= 4 is 34.8 Å². The topological polar surface area (TPSA) is 68.0 Å². The Morgan fingerprint density at radius 1 is 1.11 bits per heavy atom. The quantitative estimate of drug-likeness (QED) is 0.570. The molecule has 1 heterocycles. The third kappa shape index (κ3) is 5.02. The molecule has 0 unspecified atom stereocenters. The largest absolute Gasteiger partial charge is 0.416 e. The molecule has 0 spiro atoms. The maximum Gasteiger partial charge on any atom is 0.416 e. The van der Waals surface area contributed by atoms with Gasteiger partial charge in [0, 0.05) is 23.4 Å². The molecule has 3 rings (SSSR count). The van der Waals surface area contributed by atoms with Crippen molar-refractivity contribution in [3.63, 3.8) is 0 Å². The Labute approximate surface area is 167 Å². The van der Waals surface area contributed by atoms with Crippen LogP contribution in [-0.2, 0) is 17.4 Å². The van der Waals surface area contributed by atoms with Gasteiger partial charge in [-0.3, -0.25) is 4.79 Å². The maximum absolute atomic E-state index is 12.8. The number of aryl methyl sites for hydroxylation is 1. The first-order valence-corrected chi connectivity index (χ1v) is 8.73. The summed E-state index contributed by atoms with van der Waals surface area (Å²) >= 11 is 11.7. The van der Waals surface area contributed by atoms with Crippen molar-refractivity contribution in [1.82, 2.24) is 10.1 Å². The molecule has 1 N–H and O–H groups in total. The number of halogens is 5. The van der Waals surface area contributed by atoms with E-state index in [9.17, 15) is 18.0 Å². The van der Waals surface area contributed by atoms with Gasteiger partial charge in [-0.2, -0.15) is 18.2 Å². The summed E-state index contributed by atoms with van der Waals surface area (Å²) in [5.74, 6) is 0.0238. The van der Waals surface area contributed by atoms with Crippen molar-refractivity contribution < 1.29 is 22.5 Å². The summed E-state index contributed by atoms with van der Waals surface area (Å²) in [6.07, 6.45) is -4.50. The number of hydrogen-bond acceptors (Lipinski definition) is 4. The highest BCUT2D eigenvalue weighted by molar-refractivity contribution is 6.33. The number of aromatic nitrogens is 2. The Morgan fingerprint density at radius 3 is 2.50 bits per heavy atom. The van der Waals surface area contributed by atoms with Gasteiger partial charge >= 0.3 is 6.18 Å². The molecule has 0 aliphatic heterocycles. The molecule has 5 nitrogen and oxygen atoms in total. The van der Waals surface area contributed by atoms with E-state index < -0.39 is 17.6 Å². The number of amides is 1. The van der Waals surface area contributed by atoms with E-state index in [2.05, 4.69) is 15.5 Å². The minimum absolute atomic E-state index is 0.00386. The normalized spacial score (nSPS) is 11.5. The molecule has 0 saturated carbocycles. The van der Waals surface area contributed by atoms with E-state index in [4.69, 9.17) is 27.7 Å². The first-order valence-electron chi connectivity index (χ1n) is 7.97. The van der Waals surface area contributed by atoms with E-state index in [1.807, 2.05) is 0 Å². The fraction of sp³-hybridized carbons (Fsp3) is 0.167. The Kier molecular flexibility index (Phi) is 5.90. The van der Waals surface area contributed by atoms with Crippen LogP contribution in [0, 0.1) is 0 Å². The minimum atomic E-state index is -4.54. The molecule has 0 bridgehead atoms. The number of nitrogens with zero attached hydrogens (tertiary/aromatic N) is 2. The predicted molar refractivity (Wildman–Crippen MR) is 98.1 cm³/mol. The Balaban J connectivity index is 1.61. The van der Waals surface area contributed by atoms with Crippen molar-refractivity contribution in [1.29, 1.82) is 0 Å². The van der Waals surface area contributed by atoms with Crippen LogP contribution < -0.4 is 5.32 Å². The van der Waals surface area contributed by atoms with Crippen LogP contribution in [0.2, 0.25) is 10.0 Å². The highest BCUT2D eigenvalue weighted by Crippen LogP contribution is 2.33. The lowest BCUT2D eigenvalue weighted by molar-refractivity contribution is -0.137. The van der Waals surface area contributed by atoms with Crippen molar-refractivity contribution in [3.8, 4) is 11.4 Å². The lowest BCUT2D eigenvalue weighted by Crippen LogP contribution is -2.14. The van der Waals surface area contributed by atoms with Crippen LogP contribution in [0.5, 0.6) is 0 Å². The molecular weight excluding hydrogens is 418 g/mol. The highest BCUT2D eigenvalue weighted by Gasteiger charge is 2.31. The fourth-order valence-corrected chi connectivity index (χ4v) is 2.59. The molecule has 1 amide bonds. The SMILES string of the molecule is O=C(CCc1nc(-c2ccc(Cl)cc2)no1)Nc1cc(C(F)(F)F)ccc1Cl. The smallest absolute Gasteiger partial charge is 0.339 e.